The molecule has 122 valence electrons. The summed E-state index contributed by atoms with van der Waals surface area (Å²) >= 11 is 13.2. The van der Waals surface area contributed by atoms with Gasteiger partial charge >= 0.3 is 0 Å². The lowest BCUT2D eigenvalue weighted by Gasteiger charge is -2.07. The highest BCUT2D eigenvalue weighted by Crippen LogP contribution is 2.29. The molecule has 1 amide bonds. The largest absolute Gasteiger partial charge is 0.324 e. The van der Waals surface area contributed by atoms with E-state index in [0.717, 1.165) is 0 Å². The van der Waals surface area contributed by atoms with Crippen molar-refractivity contribution >= 4 is 46.6 Å². The molecule has 0 aliphatic heterocycles. The van der Waals surface area contributed by atoms with Gasteiger partial charge in [0.15, 0.2) is 5.82 Å². The second kappa shape index (κ2) is 7.65. The van der Waals surface area contributed by atoms with Gasteiger partial charge in [0.25, 0.3) is 0 Å². The van der Waals surface area contributed by atoms with Crippen LogP contribution in [0.2, 0.25) is 10.0 Å². The first-order valence-electron chi connectivity index (χ1n) is 6.84. The van der Waals surface area contributed by atoms with Crippen LogP contribution in [0.5, 0.6) is 0 Å². The van der Waals surface area contributed by atoms with Crippen LogP contribution in [0.15, 0.2) is 47.8 Å². The number of H-pyrrole nitrogens is 1. The van der Waals surface area contributed by atoms with Crippen LogP contribution in [0.1, 0.15) is 0 Å². The van der Waals surface area contributed by atoms with E-state index in [4.69, 9.17) is 23.2 Å². The third-order valence-electron chi connectivity index (χ3n) is 2.93. The molecule has 0 atom stereocenters. The van der Waals surface area contributed by atoms with Crippen molar-refractivity contribution in [2.75, 3.05) is 11.1 Å². The number of rotatable bonds is 5. The number of nitrogens with one attached hydrogen (secondary N) is 2. The van der Waals surface area contributed by atoms with Crippen LogP contribution in [0.3, 0.4) is 0 Å². The van der Waals surface area contributed by atoms with Crippen molar-refractivity contribution in [1.29, 1.82) is 0 Å². The van der Waals surface area contributed by atoms with Gasteiger partial charge in [0.2, 0.25) is 11.1 Å². The van der Waals surface area contributed by atoms with Crippen LogP contribution >= 0.6 is 35.0 Å². The minimum absolute atomic E-state index is 0.141. The van der Waals surface area contributed by atoms with Gasteiger partial charge in [-0.25, -0.2) is 0 Å². The Morgan fingerprint density at radius 3 is 2.88 bits per heavy atom. The SMILES string of the molecule is O=C(CSc1n[nH]c(-c2ccccn2)n1)Nc1cccc(Cl)c1Cl. The third kappa shape index (κ3) is 4.05. The van der Waals surface area contributed by atoms with E-state index in [2.05, 4.69) is 25.5 Å². The molecule has 0 saturated heterocycles. The summed E-state index contributed by atoms with van der Waals surface area (Å²) in [6.45, 7) is 0. The van der Waals surface area contributed by atoms with E-state index < -0.39 is 0 Å². The zero-order valence-electron chi connectivity index (χ0n) is 12.2. The standard InChI is InChI=1S/C15H11Cl2N5OS/c16-9-4-3-6-10(13(9)17)19-12(23)8-24-15-20-14(21-22-15)11-5-1-2-7-18-11/h1-7H,8H2,(H,19,23)(H,20,21,22). The molecule has 0 unspecified atom stereocenters. The quantitative estimate of drug-likeness (QED) is 0.656. The van der Waals surface area contributed by atoms with Crippen LogP contribution in [-0.2, 0) is 4.79 Å². The lowest BCUT2D eigenvalue weighted by Crippen LogP contribution is -2.14. The Bertz CT molecular complexity index is 856. The van der Waals surface area contributed by atoms with Crippen molar-refractivity contribution in [1.82, 2.24) is 20.2 Å². The first kappa shape index (κ1) is 16.8. The lowest BCUT2D eigenvalue weighted by molar-refractivity contribution is -0.113. The number of amides is 1. The summed E-state index contributed by atoms with van der Waals surface area (Å²) in [5.74, 6) is 0.465. The van der Waals surface area contributed by atoms with E-state index >= 15 is 0 Å². The molecule has 0 aliphatic carbocycles. The number of benzene rings is 1. The number of hydrogen-bond donors (Lipinski definition) is 2. The van der Waals surface area contributed by atoms with Crippen LogP contribution in [0.4, 0.5) is 5.69 Å². The van der Waals surface area contributed by atoms with Gasteiger partial charge in [0, 0.05) is 6.20 Å². The summed E-state index contributed by atoms with van der Waals surface area (Å²) in [4.78, 5) is 20.5. The van der Waals surface area contributed by atoms with Crippen molar-refractivity contribution < 1.29 is 4.79 Å². The number of carbonyl (C=O) groups excluding carboxylic acids is 1. The number of aromatic nitrogens is 4. The molecule has 1 aromatic carbocycles. The average molecular weight is 380 g/mol. The highest BCUT2D eigenvalue weighted by molar-refractivity contribution is 7.99. The predicted octanol–water partition coefficient (Wildman–Crippen LogP) is 3.90. The fraction of sp³-hybridized carbons (Fsp3) is 0.0667. The molecule has 2 N–H and O–H groups in total. The van der Waals surface area contributed by atoms with Crippen molar-refractivity contribution in [2.24, 2.45) is 0 Å². The highest BCUT2D eigenvalue weighted by atomic mass is 35.5. The Morgan fingerprint density at radius 1 is 1.21 bits per heavy atom. The van der Waals surface area contributed by atoms with E-state index in [1.54, 1.807) is 24.4 Å². The van der Waals surface area contributed by atoms with Crippen molar-refractivity contribution in [3.05, 3.63) is 52.6 Å². The number of carbonyl (C=O) groups is 1. The number of halogens is 2. The van der Waals surface area contributed by atoms with E-state index in [1.807, 2.05) is 18.2 Å². The molecule has 0 fully saturated rings. The van der Waals surface area contributed by atoms with Gasteiger partial charge in [-0.05, 0) is 24.3 Å². The molecule has 3 rings (SSSR count). The van der Waals surface area contributed by atoms with Gasteiger partial charge in [-0.3, -0.25) is 14.9 Å². The molecule has 2 heterocycles. The maximum Gasteiger partial charge on any atom is 0.234 e. The van der Waals surface area contributed by atoms with Crippen LogP contribution in [-0.4, -0.2) is 31.8 Å². The van der Waals surface area contributed by atoms with E-state index in [-0.39, 0.29) is 11.7 Å². The second-order valence-electron chi connectivity index (χ2n) is 4.62. The zero-order valence-corrected chi connectivity index (χ0v) is 14.5. The Balaban J connectivity index is 1.59. The minimum Gasteiger partial charge on any atom is -0.324 e. The predicted molar refractivity (Wildman–Crippen MR) is 95.4 cm³/mol. The summed E-state index contributed by atoms with van der Waals surface area (Å²) in [5.41, 5.74) is 1.16. The molecular formula is C15H11Cl2N5OS. The first-order chi connectivity index (χ1) is 11.6. The van der Waals surface area contributed by atoms with E-state index in [0.29, 0.717) is 32.4 Å². The number of thioether (sulfide) groups is 1. The molecular weight excluding hydrogens is 369 g/mol. The molecule has 9 heteroatoms. The van der Waals surface area contributed by atoms with Crippen molar-refractivity contribution in [3.8, 4) is 11.5 Å². The van der Waals surface area contributed by atoms with E-state index in [1.165, 1.54) is 11.8 Å². The maximum absolute atomic E-state index is 12.0. The van der Waals surface area contributed by atoms with Crippen molar-refractivity contribution in [2.45, 2.75) is 5.16 Å². The van der Waals surface area contributed by atoms with Gasteiger partial charge in [-0.2, -0.15) is 4.98 Å². The van der Waals surface area contributed by atoms with Crippen LogP contribution < -0.4 is 5.32 Å². The fourth-order valence-corrected chi connectivity index (χ4v) is 2.79. The van der Waals surface area contributed by atoms with Gasteiger partial charge in [-0.15, -0.1) is 5.10 Å². The molecule has 0 spiro atoms. The Labute approximate surface area is 152 Å². The highest BCUT2D eigenvalue weighted by Gasteiger charge is 2.11. The molecule has 0 aliphatic rings. The Morgan fingerprint density at radius 2 is 2.08 bits per heavy atom. The summed E-state index contributed by atoms with van der Waals surface area (Å²) in [7, 11) is 0. The normalized spacial score (nSPS) is 10.6. The first-order valence-corrected chi connectivity index (χ1v) is 8.58. The molecule has 0 radical (unpaired) electrons. The zero-order chi connectivity index (χ0) is 16.9. The lowest BCUT2D eigenvalue weighted by atomic mass is 10.3. The summed E-state index contributed by atoms with van der Waals surface area (Å²) in [5, 5.41) is 10.7. The van der Waals surface area contributed by atoms with Gasteiger partial charge in [-0.1, -0.05) is 47.1 Å². The number of hydrogen-bond acceptors (Lipinski definition) is 5. The Hall–Kier alpha value is -2.09. The van der Waals surface area contributed by atoms with Crippen LogP contribution in [0, 0.1) is 0 Å². The fourth-order valence-electron chi connectivity index (χ4n) is 1.85. The molecule has 3 aromatic rings. The maximum atomic E-state index is 12.0. The van der Waals surface area contributed by atoms with E-state index in [9.17, 15) is 4.79 Å². The monoisotopic (exact) mass is 379 g/mol. The van der Waals surface area contributed by atoms with Gasteiger partial charge in [0.05, 0.1) is 21.5 Å². The number of aromatic amines is 1. The third-order valence-corrected chi connectivity index (χ3v) is 4.60. The van der Waals surface area contributed by atoms with Gasteiger partial charge < -0.3 is 5.32 Å². The summed E-state index contributed by atoms with van der Waals surface area (Å²) < 4.78 is 0. The number of nitrogens with zero attached hydrogens (tertiary/aromatic N) is 3. The molecule has 2 aromatic heterocycles. The number of pyridine rings is 1. The van der Waals surface area contributed by atoms with Crippen molar-refractivity contribution in [3.63, 3.8) is 0 Å². The minimum atomic E-state index is -0.228. The number of anilines is 1. The summed E-state index contributed by atoms with van der Waals surface area (Å²) in [6.07, 6.45) is 1.67. The molecule has 0 saturated carbocycles. The van der Waals surface area contributed by atoms with Crippen LogP contribution in [0.25, 0.3) is 11.5 Å². The summed E-state index contributed by atoms with van der Waals surface area (Å²) in [6, 6.07) is 10.6. The topological polar surface area (TPSA) is 83.6 Å². The van der Waals surface area contributed by atoms with Gasteiger partial charge in [0.1, 0.15) is 5.69 Å². The molecule has 6 nitrogen and oxygen atoms in total. The molecule has 0 bridgehead atoms. The Kier molecular flexibility index (Phi) is 5.34. The molecule has 24 heavy (non-hydrogen) atoms. The average Bonchev–Trinajstić information content (AvgIpc) is 3.07. The second-order valence-corrected chi connectivity index (χ2v) is 6.35. The smallest absolute Gasteiger partial charge is 0.234 e.